The summed E-state index contributed by atoms with van der Waals surface area (Å²) in [7, 11) is -4.83. The van der Waals surface area contributed by atoms with Gasteiger partial charge in [0.2, 0.25) is 11.9 Å². The van der Waals surface area contributed by atoms with Gasteiger partial charge in [0.05, 0.1) is 38.6 Å². The van der Waals surface area contributed by atoms with Crippen molar-refractivity contribution in [3.63, 3.8) is 0 Å². The fourth-order valence-electron chi connectivity index (χ4n) is 4.50. The molecule has 0 aliphatic rings. The number of hydrogen-bond acceptors (Lipinski definition) is 16. The van der Waals surface area contributed by atoms with E-state index < -0.39 is 32.4 Å². The summed E-state index contributed by atoms with van der Waals surface area (Å²) in [6, 6.07) is 13.1. The van der Waals surface area contributed by atoms with Crippen molar-refractivity contribution in [2.75, 3.05) is 17.2 Å². The predicted octanol–water partition coefficient (Wildman–Crippen LogP) is 4.99. The minimum Gasteiger partial charge on any atom is -0.507 e. The largest absolute Gasteiger partial charge is 0.507 e. The molecule has 244 valence electrons. The Labute approximate surface area is 267 Å². The number of benzene rings is 4. The Hall–Kier alpha value is -5.38. The summed E-state index contributed by atoms with van der Waals surface area (Å²) in [5.74, 6) is -2.16. The maximum atomic E-state index is 12.3. The van der Waals surface area contributed by atoms with Gasteiger partial charge in [-0.05, 0) is 47.5 Å². The second-order valence-corrected chi connectivity index (χ2v) is 11.7. The number of H-pyrrole nitrogens is 1. The molecule has 1 aromatic heterocycles. The third-order valence-electron chi connectivity index (χ3n) is 6.45. The number of carboxylic acid groups (broad SMARTS) is 1. The minimum absolute atomic E-state index is 0.00524. The van der Waals surface area contributed by atoms with Gasteiger partial charge in [0.15, 0.2) is 5.75 Å². The highest BCUT2D eigenvalue weighted by atomic mass is 32.2. The molecule has 0 amide bonds. The number of fused-ring (bicyclic) bond motifs is 2. The number of aromatic amines is 1. The van der Waals surface area contributed by atoms with E-state index in [4.69, 9.17) is 10.4 Å². The highest BCUT2D eigenvalue weighted by Gasteiger charge is 2.22. The summed E-state index contributed by atoms with van der Waals surface area (Å²) in [6.07, 6.45) is 0.0519. The van der Waals surface area contributed by atoms with E-state index in [0.717, 1.165) is 12.1 Å². The van der Waals surface area contributed by atoms with E-state index in [9.17, 15) is 32.8 Å². The molecule has 0 aliphatic heterocycles. The summed E-state index contributed by atoms with van der Waals surface area (Å²) < 4.78 is 38.8. The van der Waals surface area contributed by atoms with Crippen molar-refractivity contribution in [2.24, 2.45) is 10.2 Å². The number of nitrogens with one attached hydrogen (secondary N) is 3. The van der Waals surface area contributed by atoms with E-state index in [0.29, 0.717) is 22.8 Å². The first kappa shape index (κ1) is 33.0. The molecule has 0 radical (unpaired) electrons. The number of hydrogen-bond donors (Lipinski definition) is 8. The Kier molecular flexibility index (Phi) is 9.79. The number of phenols is 2. The normalized spacial score (nSPS) is 11.8. The fourth-order valence-corrected chi connectivity index (χ4v) is 5.54. The Morgan fingerprint density at radius 3 is 2.51 bits per heavy atom. The molecule has 0 spiro atoms. The van der Waals surface area contributed by atoms with E-state index in [1.165, 1.54) is 12.1 Å². The molecule has 0 atom stereocenters. The van der Waals surface area contributed by atoms with Gasteiger partial charge >= 0.3 is 11.7 Å². The topological polar surface area (TPSA) is 278 Å². The number of aliphatic carboxylic acids is 1. The first-order valence-electron chi connectivity index (χ1n) is 13.2. The number of azo groups is 1. The zero-order chi connectivity index (χ0) is 33.7. The summed E-state index contributed by atoms with van der Waals surface area (Å²) in [5, 5.41) is 58.0. The van der Waals surface area contributed by atoms with Crippen LogP contribution in [0.2, 0.25) is 0 Å². The molecule has 0 fully saturated rings. The molecule has 0 unspecified atom stereocenters. The number of anilines is 3. The molecular formula is C27H23N7O11S2. The Morgan fingerprint density at radius 2 is 1.79 bits per heavy atom. The molecule has 0 saturated heterocycles. The van der Waals surface area contributed by atoms with Crippen LogP contribution < -0.4 is 16.3 Å². The number of rotatable bonds is 13. The van der Waals surface area contributed by atoms with Gasteiger partial charge in [-0.3, -0.25) is 14.3 Å². The highest BCUT2D eigenvalue weighted by Crippen LogP contribution is 2.48. The van der Waals surface area contributed by atoms with E-state index in [1.54, 1.807) is 30.3 Å². The van der Waals surface area contributed by atoms with Crippen molar-refractivity contribution in [1.82, 2.24) is 15.0 Å². The highest BCUT2D eigenvalue weighted by molar-refractivity contribution is 7.94. The number of carboxylic acids is 1. The van der Waals surface area contributed by atoms with E-state index in [2.05, 4.69) is 45.2 Å². The van der Waals surface area contributed by atoms with Crippen LogP contribution in [0.25, 0.3) is 21.5 Å². The average Bonchev–Trinajstić information content (AvgIpc) is 3.00. The van der Waals surface area contributed by atoms with Crippen molar-refractivity contribution in [2.45, 2.75) is 22.6 Å². The predicted molar refractivity (Wildman–Crippen MR) is 167 cm³/mol. The van der Waals surface area contributed by atoms with Crippen LogP contribution in [0, 0.1) is 0 Å². The SMILES string of the molecule is O=C(O)CCCNc1nc(Nc2cc(S(=O)(=O)O)cc3cc(SOOO)c(N=Nc4cccc5cccc(O)c45)c(O)c23)[nH]c(=O)n1. The van der Waals surface area contributed by atoms with Gasteiger partial charge in [0.25, 0.3) is 10.1 Å². The number of aromatic nitrogens is 3. The average molecular weight is 686 g/mol. The molecule has 0 bridgehead atoms. The molecule has 0 saturated carbocycles. The molecule has 47 heavy (non-hydrogen) atoms. The lowest BCUT2D eigenvalue weighted by Gasteiger charge is -2.15. The third-order valence-corrected chi connectivity index (χ3v) is 7.90. The smallest absolute Gasteiger partial charge is 0.351 e. The number of phenolic OH excluding ortho intramolecular Hbond substituents is 2. The van der Waals surface area contributed by atoms with Crippen molar-refractivity contribution in [1.29, 1.82) is 0 Å². The van der Waals surface area contributed by atoms with Crippen molar-refractivity contribution < 1.29 is 47.7 Å². The van der Waals surface area contributed by atoms with Crippen LogP contribution in [0.15, 0.2) is 79.4 Å². The van der Waals surface area contributed by atoms with Gasteiger partial charge < -0.3 is 26.0 Å². The fraction of sp³-hybridized carbons (Fsp3) is 0.111. The first-order valence-corrected chi connectivity index (χ1v) is 15.4. The lowest BCUT2D eigenvalue weighted by Crippen LogP contribution is -2.18. The molecule has 5 rings (SSSR count). The van der Waals surface area contributed by atoms with Gasteiger partial charge in [0, 0.05) is 18.4 Å². The van der Waals surface area contributed by atoms with E-state index >= 15 is 0 Å². The zero-order valence-electron chi connectivity index (χ0n) is 23.6. The van der Waals surface area contributed by atoms with Crippen molar-refractivity contribution in [3.8, 4) is 11.5 Å². The second kappa shape index (κ2) is 13.9. The summed E-state index contributed by atoms with van der Waals surface area (Å²) >= 11 is 0.375. The maximum Gasteiger partial charge on any atom is 0.351 e. The monoisotopic (exact) mass is 685 g/mol. The Morgan fingerprint density at radius 1 is 1.02 bits per heavy atom. The summed E-state index contributed by atoms with van der Waals surface area (Å²) in [6.45, 7) is 0.111. The quantitative estimate of drug-likeness (QED) is 0.0202. The second-order valence-electron chi connectivity index (χ2n) is 9.57. The molecule has 8 N–H and O–H groups in total. The standard InChI is InChI=1S/C27H23N7O11S2/c35-18-7-2-5-13-4-1-6-16(21(13)18)33-34-23-19(46-45-44-40)11-14-10-15(47(41,42)43)12-17(22(14)24(23)38)29-26-30-25(31-27(39)32-26)28-9-3-8-20(36)37/h1-2,4-7,10-12,35,38,40H,3,8-9H2,(H,36,37)(H,41,42,43)(H3,28,29,30,31,32,39). The number of carbonyl (C=O) groups is 1. The van der Waals surface area contributed by atoms with E-state index in [-0.39, 0.29) is 69.8 Å². The van der Waals surface area contributed by atoms with Gasteiger partial charge in [-0.25, -0.2) is 10.1 Å². The van der Waals surface area contributed by atoms with E-state index in [1.807, 2.05) is 0 Å². The number of aromatic hydroxyl groups is 2. The lowest BCUT2D eigenvalue weighted by molar-refractivity contribution is -0.432. The van der Waals surface area contributed by atoms with Crippen LogP contribution in [0.4, 0.5) is 29.0 Å². The molecular weight excluding hydrogens is 662 g/mol. The van der Waals surface area contributed by atoms with Crippen LogP contribution in [0.3, 0.4) is 0 Å². The van der Waals surface area contributed by atoms with Crippen LogP contribution in [0.1, 0.15) is 12.8 Å². The molecule has 0 aliphatic carbocycles. The minimum atomic E-state index is -4.83. The van der Waals surface area contributed by atoms with Crippen LogP contribution in [0.5, 0.6) is 11.5 Å². The third kappa shape index (κ3) is 7.71. The number of nitrogens with zero attached hydrogens (tertiary/aromatic N) is 4. The zero-order valence-corrected chi connectivity index (χ0v) is 25.2. The Bertz CT molecular complexity index is 2190. The van der Waals surface area contributed by atoms with Gasteiger partial charge in [-0.2, -0.15) is 18.4 Å². The molecule has 4 aromatic carbocycles. The van der Waals surface area contributed by atoms with Crippen molar-refractivity contribution in [3.05, 3.63) is 65.1 Å². The van der Waals surface area contributed by atoms with Gasteiger partial charge in [0.1, 0.15) is 11.4 Å². The van der Waals surface area contributed by atoms with Gasteiger partial charge in [-0.15, -0.1) is 14.6 Å². The van der Waals surface area contributed by atoms with Gasteiger partial charge in [-0.1, -0.05) is 29.3 Å². The van der Waals surface area contributed by atoms with Crippen LogP contribution in [-0.2, 0) is 24.3 Å². The van der Waals surface area contributed by atoms with Crippen LogP contribution in [-0.4, -0.2) is 61.0 Å². The molecule has 18 nitrogen and oxygen atoms in total. The maximum absolute atomic E-state index is 12.3. The van der Waals surface area contributed by atoms with Crippen molar-refractivity contribution >= 4 is 78.6 Å². The lowest BCUT2D eigenvalue weighted by atomic mass is 10.1. The Balaban J connectivity index is 1.65. The first-order chi connectivity index (χ1) is 22.4. The molecule has 5 aromatic rings. The molecule has 1 heterocycles. The molecule has 20 heteroatoms. The summed E-state index contributed by atoms with van der Waals surface area (Å²) in [5.41, 5.74) is -1.10. The van der Waals surface area contributed by atoms with Crippen LogP contribution >= 0.6 is 12.0 Å². The summed E-state index contributed by atoms with van der Waals surface area (Å²) in [4.78, 5) is 32.5.